The standard InChI is InChI=1S/C26H19O4P.C13H10OS/c27-25(19-7-3-1-4-8-19)21-11-15-23(16-12-21)29-31-30-24-17-13-22(14-18-24)26(28)20-9-5-2-6-10-20;14-13(10-4-2-1-3-5-10)11-6-8-12(15)9-7-11/h1-18,31H;1-9,15H. The van der Waals surface area contributed by atoms with Crippen LogP contribution in [0, 0.1) is 0 Å². The summed E-state index contributed by atoms with van der Waals surface area (Å²) in [5.74, 6) is 1.20. The maximum Gasteiger partial charge on any atom is 0.275 e. The molecule has 0 radical (unpaired) electrons. The van der Waals surface area contributed by atoms with Crippen molar-refractivity contribution in [2.45, 2.75) is 4.90 Å². The van der Waals surface area contributed by atoms with E-state index in [-0.39, 0.29) is 26.4 Å². The zero-order valence-electron chi connectivity index (χ0n) is 24.6. The number of carbonyl (C=O) groups is 3. The molecule has 0 aliphatic carbocycles. The van der Waals surface area contributed by atoms with E-state index in [2.05, 4.69) is 12.6 Å². The first kappa shape index (κ1) is 32.1. The molecule has 0 unspecified atom stereocenters. The Bertz CT molecular complexity index is 1780. The molecule has 0 aromatic heterocycles. The van der Waals surface area contributed by atoms with Crippen LogP contribution in [0.5, 0.6) is 11.5 Å². The highest BCUT2D eigenvalue weighted by atomic mass is 32.1. The highest BCUT2D eigenvalue weighted by molar-refractivity contribution is 7.80. The topological polar surface area (TPSA) is 69.7 Å². The Morgan fingerprint density at radius 1 is 0.370 bits per heavy atom. The fourth-order valence-electron chi connectivity index (χ4n) is 4.35. The quantitative estimate of drug-likeness (QED) is 0.0918. The van der Waals surface area contributed by atoms with Crippen LogP contribution >= 0.6 is 21.7 Å². The Hall–Kier alpha value is -5.29. The van der Waals surface area contributed by atoms with E-state index < -0.39 is 0 Å². The fraction of sp³-hybridized carbons (Fsp3) is 0. The van der Waals surface area contributed by atoms with E-state index in [4.69, 9.17) is 9.05 Å². The van der Waals surface area contributed by atoms with Crippen molar-refractivity contribution in [1.82, 2.24) is 0 Å². The number of carbonyl (C=O) groups excluding carboxylic acids is 3. The molecule has 7 heteroatoms. The first-order valence-corrected chi connectivity index (χ1v) is 15.6. The summed E-state index contributed by atoms with van der Waals surface area (Å²) >= 11 is 4.18. The maximum absolute atomic E-state index is 12.4. The van der Waals surface area contributed by atoms with E-state index in [0.29, 0.717) is 44.9 Å². The zero-order valence-corrected chi connectivity index (χ0v) is 26.5. The third-order valence-electron chi connectivity index (χ3n) is 6.79. The van der Waals surface area contributed by atoms with Crippen LogP contribution < -0.4 is 9.05 Å². The summed E-state index contributed by atoms with van der Waals surface area (Å²) < 4.78 is 11.2. The largest absolute Gasteiger partial charge is 0.441 e. The van der Waals surface area contributed by atoms with Gasteiger partial charge in [-0.05, 0) is 72.8 Å². The van der Waals surface area contributed by atoms with Gasteiger partial charge >= 0.3 is 0 Å². The summed E-state index contributed by atoms with van der Waals surface area (Å²) in [6, 6.07) is 48.7. The second-order valence-corrected chi connectivity index (χ2v) is 11.1. The van der Waals surface area contributed by atoms with E-state index in [9.17, 15) is 14.4 Å². The third kappa shape index (κ3) is 8.89. The lowest BCUT2D eigenvalue weighted by molar-refractivity contribution is 0.103. The zero-order chi connectivity index (χ0) is 32.1. The van der Waals surface area contributed by atoms with E-state index >= 15 is 0 Å². The summed E-state index contributed by atoms with van der Waals surface area (Å²) in [6.07, 6.45) is 0. The van der Waals surface area contributed by atoms with Crippen molar-refractivity contribution in [2.75, 3.05) is 0 Å². The molecule has 5 nitrogen and oxygen atoms in total. The van der Waals surface area contributed by atoms with Gasteiger partial charge in [-0.15, -0.1) is 12.6 Å². The molecular weight excluding hydrogens is 611 g/mol. The predicted octanol–water partition coefficient (Wildman–Crippen LogP) is 9.32. The molecule has 6 rings (SSSR count). The molecule has 226 valence electrons. The molecule has 0 amide bonds. The molecule has 0 saturated heterocycles. The smallest absolute Gasteiger partial charge is 0.275 e. The number of thiol groups is 1. The van der Waals surface area contributed by atoms with Crippen molar-refractivity contribution in [2.24, 2.45) is 0 Å². The van der Waals surface area contributed by atoms with Gasteiger partial charge in [0.15, 0.2) is 17.3 Å². The summed E-state index contributed by atoms with van der Waals surface area (Å²) in [7, 11) is -0.254. The van der Waals surface area contributed by atoms with E-state index in [1.54, 1.807) is 84.9 Å². The second-order valence-electron chi connectivity index (χ2n) is 9.97. The number of benzene rings is 6. The Morgan fingerprint density at radius 2 is 0.630 bits per heavy atom. The van der Waals surface area contributed by atoms with Crippen LogP contribution in [0.2, 0.25) is 0 Å². The Balaban J connectivity index is 0.000000232. The minimum Gasteiger partial charge on any atom is -0.441 e. The van der Waals surface area contributed by atoms with Crippen molar-refractivity contribution in [1.29, 1.82) is 0 Å². The van der Waals surface area contributed by atoms with Crippen molar-refractivity contribution in [3.63, 3.8) is 0 Å². The molecule has 0 fully saturated rings. The van der Waals surface area contributed by atoms with Crippen LogP contribution in [0.25, 0.3) is 0 Å². The van der Waals surface area contributed by atoms with Crippen molar-refractivity contribution in [3.05, 3.63) is 197 Å². The fourth-order valence-corrected chi connectivity index (χ4v) is 5.00. The summed E-state index contributed by atoms with van der Waals surface area (Å²) in [5.41, 5.74) is 3.90. The SMILES string of the molecule is O=C(c1ccccc1)c1ccc(OPOc2ccc(C(=O)c3ccccc3)cc2)cc1.O=C(c1ccccc1)c1ccc(S)cc1. The molecule has 0 N–H and O–H groups in total. The maximum atomic E-state index is 12.4. The van der Waals surface area contributed by atoms with Gasteiger partial charge in [0.25, 0.3) is 9.03 Å². The number of ketones is 3. The Kier molecular flexibility index (Phi) is 11.3. The lowest BCUT2D eigenvalue weighted by Gasteiger charge is -2.08. The van der Waals surface area contributed by atoms with Gasteiger partial charge in [-0.2, -0.15) is 0 Å². The molecular formula is C39H29O5PS. The van der Waals surface area contributed by atoms with Gasteiger partial charge in [-0.1, -0.05) is 91.0 Å². The highest BCUT2D eigenvalue weighted by Crippen LogP contribution is 2.26. The van der Waals surface area contributed by atoms with Gasteiger partial charge < -0.3 is 9.05 Å². The highest BCUT2D eigenvalue weighted by Gasteiger charge is 2.10. The second kappa shape index (κ2) is 16.1. The van der Waals surface area contributed by atoms with Crippen LogP contribution in [0.4, 0.5) is 0 Å². The molecule has 0 aliphatic rings. The molecule has 0 aliphatic heterocycles. The van der Waals surface area contributed by atoms with Crippen LogP contribution in [0.1, 0.15) is 47.8 Å². The summed E-state index contributed by atoms with van der Waals surface area (Å²) in [6.45, 7) is 0. The third-order valence-corrected chi connectivity index (χ3v) is 7.73. The van der Waals surface area contributed by atoms with Crippen LogP contribution in [0.3, 0.4) is 0 Å². The van der Waals surface area contributed by atoms with Gasteiger partial charge in [-0.25, -0.2) is 0 Å². The average molecular weight is 641 g/mol. The average Bonchev–Trinajstić information content (AvgIpc) is 3.13. The van der Waals surface area contributed by atoms with Crippen molar-refractivity contribution in [3.8, 4) is 11.5 Å². The molecule has 6 aromatic carbocycles. The van der Waals surface area contributed by atoms with Gasteiger partial charge in [0, 0.05) is 38.3 Å². The van der Waals surface area contributed by atoms with E-state index in [0.717, 1.165) is 4.90 Å². The first-order valence-electron chi connectivity index (χ1n) is 14.3. The van der Waals surface area contributed by atoms with Crippen LogP contribution in [-0.2, 0) is 0 Å². The molecule has 0 saturated carbocycles. The molecule has 0 bridgehead atoms. The number of rotatable bonds is 10. The summed E-state index contributed by atoms with van der Waals surface area (Å²) in [5, 5.41) is 0. The van der Waals surface area contributed by atoms with Crippen LogP contribution in [-0.4, -0.2) is 17.3 Å². The Morgan fingerprint density at radius 3 is 0.935 bits per heavy atom. The molecule has 6 aromatic rings. The minimum atomic E-state index is -0.254. The minimum absolute atomic E-state index is 0.0315. The van der Waals surface area contributed by atoms with Crippen LogP contribution in [0.15, 0.2) is 169 Å². The van der Waals surface area contributed by atoms with E-state index in [1.807, 2.05) is 78.9 Å². The normalized spacial score (nSPS) is 10.2. The molecule has 0 spiro atoms. The lowest BCUT2D eigenvalue weighted by Crippen LogP contribution is -2.00. The van der Waals surface area contributed by atoms with Crippen molar-refractivity contribution >= 4 is 39.0 Å². The Labute approximate surface area is 275 Å². The molecule has 0 atom stereocenters. The molecule has 0 heterocycles. The summed E-state index contributed by atoms with van der Waals surface area (Å²) in [4.78, 5) is 37.7. The van der Waals surface area contributed by atoms with Gasteiger partial charge in [0.1, 0.15) is 11.5 Å². The lowest BCUT2D eigenvalue weighted by atomic mass is 10.0. The predicted molar refractivity (Wildman–Crippen MR) is 186 cm³/mol. The van der Waals surface area contributed by atoms with Gasteiger partial charge in [0.2, 0.25) is 0 Å². The van der Waals surface area contributed by atoms with Gasteiger partial charge in [-0.3, -0.25) is 14.4 Å². The van der Waals surface area contributed by atoms with Gasteiger partial charge in [0.05, 0.1) is 0 Å². The van der Waals surface area contributed by atoms with E-state index in [1.165, 1.54) is 0 Å². The monoisotopic (exact) mass is 640 g/mol. The van der Waals surface area contributed by atoms with Crippen molar-refractivity contribution < 1.29 is 23.4 Å². The molecule has 46 heavy (non-hydrogen) atoms. The number of hydrogen-bond acceptors (Lipinski definition) is 6. The number of hydrogen-bond donors (Lipinski definition) is 1. The first-order chi connectivity index (χ1) is 22.5.